The second kappa shape index (κ2) is 9.12. The van der Waals surface area contributed by atoms with Crippen LogP contribution in [0.25, 0.3) is 27.6 Å². The van der Waals surface area contributed by atoms with Crippen LogP contribution in [-0.4, -0.2) is 29.8 Å². The monoisotopic (exact) mass is 485 g/mol. The molecular weight excluding hydrogens is 466 g/mol. The molecule has 0 unspecified atom stereocenters. The largest absolute Gasteiger partial charge is 0.478 e. The summed E-state index contributed by atoms with van der Waals surface area (Å²) in [6, 6.07) is 17.8. The van der Waals surface area contributed by atoms with Crippen LogP contribution in [0.15, 0.2) is 71.8 Å². The van der Waals surface area contributed by atoms with E-state index in [-0.39, 0.29) is 11.3 Å². The van der Waals surface area contributed by atoms with Crippen molar-refractivity contribution in [3.05, 3.63) is 93.8 Å². The summed E-state index contributed by atoms with van der Waals surface area (Å²) in [6.45, 7) is 0.927. The molecule has 0 amide bonds. The molecule has 2 aromatic carbocycles. The van der Waals surface area contributed by atoms with Crippen LogP contribution in [0, 0.1) is 11.3 Å². The molecule has 1 N–H and O–H groups in total. The molecule has 0 saturated carbocycles. The topological polar surface area (TPSA) is 106 Å². The van der Waals surface area contributed by atoms with E-state index in [9.17, 15) is 14.7 Å². The van der Waals surface area contributed by atoms with Gasteiger partial charge in [0.1, 0.15) is 0 Å². The highest BCUT2D eigenvalue weighted by Crippen LogP contribution is 2.26. The van der Waals surface area contributed by atoms with Crippen LogP contribution >= 0.6 is 11.6 Å². The van der Waals surface area contributed by atoms with E-state index in [2.05, 4.69) is 15.6 Å². The van der Waals surface area contributed by atoms with Gasteiger partial charge in [-0.25, -0.2) is 9.59 Å². The van der Waals surface area contributed by atoms with Crippen LogP contribution in [0.1, 0.15) is 28.9 Å². The Balaban J connectivity index is 1.64. The van der Waals surface area contributed by atoms with Gasteiger partial charge in [0.15, 0.2) is 0 Å². The molecule has 0 aliphatic carbocycles. The summed E-state index contributed by atoms with van der Waals surface area (Å²) in [5.74, 6) is -1.03. The maximum atomic E-state index is 13.7. The van der Waals surface area contributed by atoms with E-state index in [1.165, 1.54) is 12.1 Å². The van der Waals surface area contributed by atoms with Crippen molar-refractivity contribution in [1.29, 1.82) is 5.26 Å². The van der Waals surface area contributed by atoms with E-state index >= 15 is 0 Å². The zero-order valence-corrected chi connectivity index (χ0v) is 19.3. The fraction of sp³-hybridized carbons (Fsp3) is 0.154. The third-order valence-electron chi connectivity index (χ3n) is 6.04. The lowest BCUT2D eigenvalue weighted by Crippen LogP contribution is -2.24. The number of aryl methyl sites for hydroxylation is 1. The van der Waals surface area contributed by atoms with Crippen LogP contribution in [-0.2, 0) is 13.1 Å². The first kappa shape index (κ1) is 22.4. The molecule has 9 heteroatoms. The Morgan fingerprint density at radius 1 is 1.03 bits per heavy atom. The van der Waals surface area contributed by atoms with Gasteiger partial charge in [-0.1, -0.05) is 11.6 Å². The third-order valence-corrected chi connectivity index (χ3v) is 6.28. The Labute approximate surface area is 204 Å². The standard InChI is InChI=1S/C26H20ClN5O3/c27-19-5-8-22-18(13-19)14-21(30(22)12-2-1-10-28)16-31-24-15-29-11-9-23(24)32(26(31)35)20-6-3-17(4-7-20)25(33)34/h3-9,11,13-15H,1-2,12,16H2,(H,33,34). The van der Waals surface area contributed by atoms with Crippen LogP contribution in [0.4, 0.5) is 0 Å². The lowest BCUT2D eigenvalue weighted by Gasteiger charge is -2.11. The summed E-state index contributed by atoms with van der Waals surface area (Å²) in [7, 11) is 0. The summed E-state index contributed by atoms with van der Waals surface area (Å²) in [5, 5.41) is 19.8. The molecule has 0 bridgehead atoms. The molecule has 8 nitrogen and oxygen atoms in total. The third kappa shape index (κ3) is 4.07. The number of benzene rings is 2. The molecule has 0 saturated heterocycles. The number of hydrogen-bond acceptors (Lipinski definition) is 4. The van der Waals surface area contributed by atoms with Crippen LogP contribution in [0.5, 0.6) is 0 Å². The number of unbranched alkanes of at least 4 members (excludes halogenated alkanes) is 1. The van der Waals surface area contributed by atoms with Gasteiger partial charge in [-0.15, -0.1) is 0 Å². The normalized spacial score (nSPS) is 11.2. The van der Waals surface area contributed by atoms with Gasteiger partial charge in [0.25, 0.3) is 0 Å². The van der Waals surface area contributed by atoms with Crippen molar-refractivity contribution in [3.63, 3.8) is 0 Å². The Kier molecular flexibility index (Phi) is 5.85. The van der Waals surface area contributed by atoms with Crippen molar-refractivity contribution in [2.45, 2.75) is 25.9 Å². The van der Waals surface area contributed by atoms with Gasteiger partial charge in [-0.2, -0.15) is 5.26 Å². The number of carbonyl (C=O) groups is 1. The molecule has 5 aromatic rings. The van der Waals surface area contributed by atoms with Gasteiger partial charge in [-0.05, 0) is 61.0 Å². The maximum absolute atomic E-state index is 13.7. The second-order valence-corrected chi connectivity index (χ2v) is 8.61. The average molecular weight is 486 g/mol. The number of hydrogen-bond donors (Lipinski definition) is 1. The summed E-state index contributed by atoms with van der Waals surface area (Å²) < 4.78 is 5.34. The first-order valence-corrected chi connectivity index (χ1v) is 11.4. The van der Waals surface area contributed by atoms with Gasteiger partial charge in [0.2, 0.25) is 0 Å². The Hall–Kier alpha value is -4.35. The predicted molar refractivity (Wildman–Crippen MR) is 133 cm³/mol. The Bertz CT molecular complexity index is 1670. The number of aromatic nitrogens is 4. The van der Waals surface area contributed by atoms with Gasteiger partial charge >= 0.3 is 11.7 Å². The minimum absolute atomic E-state index is 0.146. The highest BCUT2D eigenvalue weighted by atomic mass is 35.5. The lowest BCUT2D eigenvalue weighted by atomic mass is 10.2. The van der Waals surface area contributed by atoms with Gasteiger partial charge in [-0.3, -0.25) is 14.1 Å². The molecule has 35 heavy (non-hydrogen) atoms. The average Bonchev–Trinajstić information content (AvgIpc) is 3.33. The van der Waals surface area contributed by atoms with Crippen molar-refractivity contribution < 1.29 is 9.90 Å². The summed E-state index contributed by atoms with van der Waals surface area (Å²) >= 11 is 6.22. The smallest absolute Gasteiger partial charge is 0.335 e. The molecule has 3 heterocycles. The van der Waals surface area contributed by atoms with E-state index in [0.29, 0.717) is 47.7 Å². The summed E-state index contributed by atoms with van der Waals surface area (Å²) in [4.78, 5) is 29.1. The Morgan fingerprint density at radius 2 is 1.83 bits per heavy atom. The van der Waals surface area contributed by atoms with Crippen molar-refractivity contribution in [2.75, 3.05) is 0 Å². The molecule has 0 aliphatic heterocycles. The van der Waals surface area contributed by atoms with E-state index in [1.54, 1.807) is 39.7 Å². The van der Waals surface area contributed by atoms with Crippen molar-refractivity contribution >= 4 is 39.5 Å². The zero-order chi connectivity index (χ0) is 24.5. The number of rotatable bonds is 7. The minimum atomic E-state index is -1.03. The number of nitriles is 1. The SMILES string of the molecule is N#CCCCn1c(Cn2c(=O)n(-c3ccc(C(=O)O)cc3)c3ccncc32)cc2cc(Cl)ccc21. The number of halogens is 1. The van der Waals surface area contributed by atoms with Crippen LogP contribution in [0.2, 0.25) is 5.02 Å². The molecule has 3 aromatic heterocycles. The lowest BCUT2D eigenvalue weighted by molar-refractivity contribution is 0.0697. The number of carboxylic acid groups (broad SMARTS) is 1. The van der Waals surface area contributed by atoms with E-state index in [1.807, 2.05) is 24.3 Å². The van der Waals surface area contributed by atoms with E-state index in [4.69, 9.17) is 16.9 Å². The van der Waals surface area contributed by atoms with Crippen LogP contribution in [0.3, 0.4) is 0 Å². The molecular formula is C26H20ClN5O3. The Morgan fingerprint density at radius 3 is 2.57 bits per heavy atom. The predicted octanol–water partition coefficient (Wildman–Crippen LogP) is 4.85. The molecule has 0 atom stereocenters. The number of fused-ring (bicyclic) bond motifs is 2. The molecule has 174 valence electrons. The molecule has 0 radical (unpaired) electrons. The minimum Gasteiger partial charge on any atom is -0.478 e. The second-order valence-electron chi connectivity index (χ2n) is 8.17. The quantitative estimate of drug-likeness (QED) is 0.332. The first-order valence-electron chi connectivity index (χ1n) is 11.0. The van der Waals surface area contributed by atoms with Crippen molar-refractivity contribution in [3.8, 4) is 11.8 Å². The van der Waals surface area contributed by atoms with Crippen LogP contribution < -0.4 is 5.69 Å². The first-order chi connectivity index (χ1) is 17.0. The van der Waals surface area contributed by atoms with Gasteiger partial charge in [0.05, 0.1) is 41.1 Å². The zero-order valence-electron chi connectivity index (χ0n) is 18.6. The van der Waals surface area contributed by atoms with Crippen molar-refractivity contribution in [2.24, 2.45) is 0 Å². The number of nitrogens with zero attached hydrogens (tertiary/aromatic N) is 5. The summed E-state index contributed by atoms with van der Waals surface area (Å²) in [6.07, 6.45) is 4.39. The number of imidazole rings is 1. The van der Waals surface area contributed by atoms with E-state index in [0.717, 1.165) is 16.6 Å². The van der Waals surface area contributed by atoms with E-state index < -0.39 is 5.97 Å². The highest BCUT2D eigenvalue weighted by Gasteiger charge is 2.18. The molecule has 0 aliphatic rings. The van der Waals surface area contributed by atoms with Crippen molar-refractivity contribution in [1.82, 2.24) is 18.7 Å². The van der Waals surface area contributed by atoms with Gasteiger partial charge < -0.3 is 9.67 Å². The molecule has 0 fully saturated rings. The fourth-order valence-electron chi connectivity index (χ4n) is 4.43. The fourth-order valence-corrected chi connectivity index (χ4v) is 4.61. The van der Waals surface area contributed by atoms with Gasteiger partial charge in [0, 0.05) is 40.8 Å². The number of aromatic carboxylic acids is 1. The maximum Gasteiger partial charge on any atom is 0.335 e. The molecule has 5 rings (SSSR count). The number of carboxylic acids is 1. The highest BCUT2D eigenvalue weighted by molar-refractivity contribution is 6.31. The number of pyridine rings is 1. The summed E-state index contributed by atoms with van der Waals surface area (Å²) in [5.41, 5.74) is 3.68. The molecule has 0 spiro atoms.